The Balaban J connectivity index is 2.39. The number of nitrogens with one attached hydrogen (secondary N) is 2. The molecular weight excluding hydrogens is 234 g/mol. The zero-order valence-electron chi connectivity index (χ0n) is 10.2. The van der Waals surface area contributed by atoms with Gasteiger partial charge in [-0.1, -0.05) is 0 Å². The molecule has 0 atom stereocenters. The van der Waals surface area contributed by atoms with Crippen molar-refractivity contribution in [3.8, 4) is 0 Å². The molecule has 0 unspecified atom stereocenters. The van der Waals surface area contributed by atoms with Crippen molar-refractivity contribution in [3.05, 3.63) is 29.8 Å². The molecule has 0 saturated heterocycles. The number of carbonyl (C=O) groups excluding carboxylic acids is 2. The standard InChI is InChI=1S/C12H17N3O3/c1-2-14-10-5-3-9(4-6-10)11(16)15-7-8-18-12(13)17/h3-6,14H,2,7-8H2,1H3,(H2,13,17)(H,15,16). The maximum absolute atomic E-state index is 11.7. The molecular formula is C12H17N3O3. The van der Waals surface area contributed by atoms with Gasteiger partial charge in [-0.15, -0.1) is 0 Å². The quantitative estimate of drug-likeness (QED) is 0.656. The number of hydrogen-bond donors (Lipinski definition) is 3. The van der Waals surface area contributed by atoms with Crippen LogP contribution in [0.5, 0.6) is 0 Å². The molecule has 1 aromatic rings. The van der Waals surface area contributed by atoms with Crippen LogP contribution >= 0.6 is 0 Å². The SMILES string of the molecule is CCNc1ccc(C(=O)NCCOC(N)=O)cc1. The number of benzene rings is 1. The van der Waals surface area contributed by atoms with Crippen molar-refractivity contribution in [2.75, 3.05) is 25.0 Å². The van der Waals surface area contributed by atoms with Gasteiger partial charge in [-0.2, -0.15) is 0 Å². The van der Waals surface area contributed by atoms with Crippen LogP contribution in [-0.2, 0) is 4.74 Å². The fourth-order valence-corrected chi connectivity index (χ4v) is 1.36. The third-order valence-electron chi connectivity index (χ3n) is 2.16. The molecule has 0 spiro atoms. The van der Waals surface area contributed by atoms with E-state index in [1.165, 1.54) is 0 Å². The Kier molecular flexibility index (Phi) is 5.50. The van der Waals surface area contributed by atoms with Gasteiger partial charge in [0.1, 0.15) is 6.61 Å². The molecule has 0 radical (unpaired) electrons. The second-order valence-corrected chi connectivity index (χ2v) is 3.53. The lowest BCUT2D eigenvalue weighted by Gasteiger charge is -2.07. The van der Waals surface area contributed by atoms with Gasteiger partial charge >= 0.3 is 6.09 Å². The first-order valence-corrected chi connectivity index (χ1v) is 5.68. The number of ether oxygens (including phenoxy) is 1. The number of amides is 2. The van der Waals surface area contributed by atoms with Crippen molar-refractivity contribution >= 4 is 17.7 Å². The van der Waals surface area contributed by atoms with E-state index in [4.69, 9.17) is 5.73 Å². The summed E-state index contributed by atoms with van der Waals surface area (Å²) in [6, 6.07) is 7.11. The average molecular weight is 251 g/mol. The maximum atomic E-state index is 11.7. The molecule has 2 amide bonds. The van der Waals surface area contributed by atoms with E-state index in [1.807, 2.05) is 19.1 Å². The van der Waals surface area contributed by atoms with Crippen LogP contribution in [0.15, 0.2) is 24.3 Å². The molecule has 1 rings (SSSR count). The van der Waals surface area contributed by atoms with E-state index in [0.717, 1.165) is 12.2 Å². The van der Waals surface area contributed by atoms with Gasteiger partial charge in [0.25, 0.3) is 5.91 Å². The van der Waals surface area contributed by atoms with Gasteiger partial charge < -0.3 is 21.1 Å². The van der Waals surface area contributed by atoms with Gasteiger partial charge in [-0.3, -0.25) is 4.79 Å². The summed E-state index contributed by atoms with van der Waals surface area (Å²) >= 11 is 0. The highest BCUT2D eigenvalue weighted by Gasteiger charge is 2.04. The molecule has 98 valence electrons. The fraction of sp³-hybridized carbons (Fsp3) is 0.333. The lowest BCUT2D eigenvalue weighted by atomic mass is 10.2. The summed E-state index contributed by atoms with van der Waals surface area (Å²) in [5, 5.41) is 5.75. The summed E-state index contributed by atoms with van der Waals surface area (Å²) in [5.41, 5.74) is 6.30. The number of nitrogens with two attached hydrogens (primary N) is 1. The highest BCUT2D eigenvalue weighted by atomic mass is 16.5. The molecule has 18 heavy (non-hydrogen) atoms. The Morgan fingerprint density at radius 3 is 2.50 bits per heavy atom. The molecule has 0 saturated carbocycles. The smallest absolute Gasteiger partial charge is 0.404 e. The topological polar surface area (TPSA) is 93.4 Å². The first kappa shape index (κ1) is 13.8. The Hall–Kier alpha value is -2.24. The minimum absolute atomic E-state index is 0.0660. The van der Waals surface area contributed by atoms with Crippen LogP contribution in [-0.4, -0.2) is 31.7 Å². The van der Waals surface area contributed by atoms with E-state index < -0.39 is 6.09 Å². The van der Waals surface area contributed by atoms with Gasteiger partial charge in [-0.05, 0) is 31.2 Å². The molecule has 0 heterocycles. The lowest BCUT2D eigenvalue weighted by molar-refractivity contribution is 0.0937. The van der Waals surface area contributed by atoms with Crippen LogP contribution in [0, 0.1) is 0 Å². The van der Waals surface area contributed by atoms with Crippen LogP contribution in [0.25, 0.3) is 0 Å². The van der Waals surface area contributed by atoms with Crippen LogP contribution in [0.3, 0.4) is 0 Å². The summed E-state index contributed by atoms with van der Waals surface area (Å²) in [7, 11) is 0. The van der Waals surface area contributed by atoms with Gasteiger partial charge in [0.05, 0.1) is 6.54 Å². The maximum Gasteiger partial charge on any atom is 0.404 e. The van der Waals surface area contributed by atoms with Crippen molar-refractivity contribution in [1.29, 1.82) is 0 Å². The number of anilines is 1. The molecule has 0 bridgehead atoms. The Bertz CT molecular complexity index is 404. The number of carbonyl (C=O) groups is 2. The highest BCUT2D eigenvalue weighted by molar-refractivity contribution is 5.94. The molecule has 0 fully saturated rings. The van der Waals surface area contributed by atoms with E-state index >= 15 is 0 Å². The van der Waals surface area contributed by atoms with Crippen molar-refractivity contribution < 1.29 is 14.3 Å². The van der Waals surface area contributed by atoms with Crippen LogP contribution in [0.2, 0.25) is 0 Å². The third kappa shape index (κ3) is 4.73. The second-order valence-electron chi connectivity index (χ2n) is 3.53. The summed E-state index contributed by atoms with van der Waals surface area (Å²) in [6.07, 6.45) is -0.848. The molecule has 0 aliphatic heterocycles. The zero-order chi connectivity index (χ0) is 13.4. The van der Waals surface area contributed by atoms with Crippen molar-refractivity contribution in [1.82, 2.24) is 5.32 Å². The monoisotopic (exact) mass is 251 g/mol. The second kappa shape index (κ2) is 7.16. The van der Waals surface area contributed by atoms with Crippen LogP contribution < -0.4 is 16.4 Å². The van der Waals surface area contributed by atoms with Gasteiger partial charge in [-0.25, -0.2) is 4.79 Å². The molecule has 0 aliphatic carbocycles. The molecule has 1 aromatic carbocycles. The molecule has 0 aromatic heterocycles. The van der Waals surface area contributed by atoms with Crippen molar-refractivity contribution in [2.45, 2.75) is 6.92 Å². The van der Waals surface area contributed by atoms with Crippen molar-refractivity contribution in [3.63, 3.8) is 0 Å². The summed E-state index contributed by atoms with van der Waals surface area (Å²) in [5.74, 6) is -0.217. The highest BCUT2D eigenvalue weighted by Crippen LogP contribution is 2.08. The van der Waals surface area contributed by atoms with E-state index in [1.54, 1.807) is 12.1 Å². The minimum Gasteiger partial charge on any atom is -0.448 e. The van der Waals surface area contributed by atoms with E-state index in [0.29, 0.717) is 5.56 Å². The minimum atomic E-state index is -0.848. The molecule has 4 N–H and O–H groups in total. The van der Waals surface area contributed by atoms with E-state index in [-0.39, 0.29) is 19.1 Å². The van der Waals surface area contributed by atoms with Gasteiger partial charge in [0.15, 0.2) is 0 Å². The van der Waals surface area contributed by atoms with Crippen molar-refractivity contribution in [2.24, 2.45) is 5.73 Å². The largest absolute Gasteiger partial charge is 0.448 e. The number of rotatable bonds is 6. The molecule has 6 heteroatoms. The van der Waals surface area contributed by atoms with Gasteiger partial charge in [0, 0.05) is 17.8 Å². The number of hydrogen-bond acceptors (Lipinski definition) is 4. The molecule has 6 nitrogen and oxygen atoms in total. The average Bonchev–Trinajstić information content (AvgIpc) is 2.35. The Labute approximate surface area is 105 Å². The molecule has 0 aliphatic rings. The van der Waals surface area contributed by atoms with Crippen LogP contribution in [0.1, 0.15) is 17.3 Å². The first-order valence-electron chi connectivity index (χ1n) is 5.68. The summed E-state index contributed by atoms with van der Waals surface area (Å²) in [6.45, 7) is 3.13. The predicted molar refractivity (Wildman–Crippen MR) is 68.5 cm³/mol. The van der Waals surface area contributed by atoms with Gasteiger partial charge in [0.2, 0.25) is 0 Å². The van der Waals surface area contributed by atoms with Crippen LogP contribution in [0.4, 0.5) is 10.5 Å². The zero-order valence-corrected chi connectivity index (χ0v) is 10.2. The lowest BCUT2D eigenvalue weighted by Crippen LogP contribution is -2.28. The normalized spacial score (nSPS) is 9.61. The Morgan fingerprint density at radius 2 is 1.94 bits per heavy atom. The first-order chi connectivity index (χ1) is 8.63. The summed E-state index contributed by atoms with van der Waals surface area (Å²) in [4.78, 5) is 21.9. The fourth-order valence-electron chi connectivity index (χ4n) is 1.36. The Morgan fingerprint density at radius 1 is 1.28 bits per heavy atom. The van der Waals surface area contributed by atoms with E-state index in [2.05, 4.69) is 15.4 Å². The predicted octanol–water partition coefficient (Wildman–Crippen LogP) is 0.944. The summed E-state index contributed by atoms with van der Waals surface area (Å²) < 4.78 is 4.49. The van der Waals surface area contributed by atoms with E-state index in [9.17, 15) is 9.59 Å². The third-order valence-corrected chi connectivity index (χ3v) is 2.16. The number of primary amides is 1.